The first kappa shape index (κ1) is 17.6. The number of carbonyl (C=O) groups excluding carboxylic acids is 1. The number of aromatic amines is 1. The Balaban J connectivity index is 2.21. The number of nitrogens with one attached hydrogen (secondary N) is 2. The summed E-state index contributed by atoms with van der Waals surface area (Å²) in [6.07, 6.45) is 0.684. The predicted molar refractivity (Wildman–Crippen MR) is 82.8 cm³/mol. The Morgan fingerprint density at radius 3 is 2.71 bits per heavy atom. The van der Waals surface area contributed by atoms with E-state index in [0.717, 1.165) is 12.1 Å². The number of aromatic nitrogens is 2. The molecule has 128 valence electrons. The van der Waals surface area contributed by atoms with Crippen molar-refractivity contribution >= 4 is 5.91 Å². The molecule has 0 fully saturated rings. The van der Waals surface area contributed by atoms with Gasteiger partial charge in [-0.05, 0) is 24.1 Å². The third kappa shape index (κ3) is 3.76. The van der Waals surface area contributed by atoms with Gasteiger partial charge in [0, 0.05) is 12.5 Å². The average Bonchev–Trinajstić information content (AvgIpc) is 2.57. The van der Waals surface area contributed by atoms with Crippen LogP contribution in [0.25, 0.3) is 0 Å². The first-order valence-electron chi connectivity index (χ1n) is 7.38. The van der Waals surface area contributed by atoms with Gasteiger partial charge >= 0.3 is 0 Å². The minimum Gasteiger partial charge on any atom is -0.501 e. The fourth-order valence-corrected chi connectivity index (χ4v) is 1.99. The molecule has 1 aromatic carbocycles. The van der Waals surface area contributed by atoms with E-state index in [4.69, 9.17) is 0 Å². The number of aromatic hydroxyl groups is 1. The second-order valence-electron chi connectivity index (χ2n) is 5.39. The molecule has 0 saturated carbocycles. The molecule has 0 aliphatic heterocycles. The number of halogens is 2. The van der Waals surface area contributed by atoms with Crippen LogP contribution >= 0.6 is 0 Å². The first-order chi connectivity index (χ1) is 11.3. The van der Waals surface area contributed by atoms with E-state index in [2.05, 4.69) is 15.3 Å². The lowest BCUT2D eigenvalue weighted by Gasteiger charge is -2.11. The molecule has 1 atom stereocenters. The normalized spacial score (nSPS) is 12.0. The smallest absolute Gasteiger partial charge is 0.293 e. The van der Waals surface area contributed by atoms with Crippen LogP contribution in [0.1, 0.15) is 48.1 Å². The Labute approximate surface area is 136 Å². The summed E-state index contributed by atoms with van der Waals surface area (Å²) >= 11 is 0. The van der Waals surface area contributed by atoms with Crippen LogP contribution in [0.5, 0.6) is 5.75 Å². The SMILES string of the molecule is CCC(C)c1nc(C(=O)NCc2ccc(F)c(F)c2)c(O)c(=O)[nH]1. The highest BCUT2D eigenvalue weighted by atomic mass is 19.2. The molecular formula is C16H17F2N3O3. The van der Waals surface area contributed by atoms with Crippen LogP contribution in [0.4, 0.5) is 8.78 Å². The van der Waals surface area contributed by atoms with E-state index < -0.39 is 34.5 Å². The fourth-order valence-electron chi connectivity index (χ4n) is 1.99. The molecule has 1 amide bonds. The predicted octanol–water partition coefficient (Wildman–Crippen LogP) is 2.20. The van der Waals surface area contributed by atoms with Crippen molar-refractivity contribution in [3.05, 3.63) is 57.3 Å². The highest BCUT2D eigenvalue weighted by Crippen LogP contribution is 2.16. The van der Waals surface area contributed by atoms with Gasteiger partial charge < -0.3 is 15.4 Å². The van der Waals surface area contributed by atoms with Crippen molar-refractivity contribution < 1.29 is 18.7 Å². The Kier molecular flexibility index (Phi) is 5.28. The summed E-state index contributed by atoms with van der Waals surface area (Å²) in [4.78, 5) is 30.3. The van der Waals surface area contributed by atoms with Crippen LogP contribution < -0.4 is 10.9 Å². The summed E-state index contributed by atoms with van der Waals surface area (Å²) < 4.78 is 26.0. The van der Waals surface area contributed by atoms with E-state index >= 15 is 0 Å². The van der Waals surface area contributed by atoms with Crippen LogP contribution in [0, 0.1) is 11.6 Å². The van der Waals surface area contributed by atoms with Gasteiger partial charge in [-0.2, -0.15) is 0 Å². The van der Waals surface area contributed by atoms with E-state index in [9.17, 15) is 23.5 Å². The molecule has 8 heteroatoms. The van der Waals surface area contributed by atoms with Gasteiger partial charge in [-0.15, -0.1) is 0 Å². The molecule has 1 unspecified atom stereocenters. The number of hydrogen-bond donors (Lipinski definition) is 3. The lowest BCUT2D eigenvalue weighted by Crippen LogP contribution is -2.27. The fraction of sp³-hybridized carbons (Fsp3) is 0.312. The number of benzene rings is 1. The number of amides is 1. The molecule has 2 aromatic rings. The van der Waals surface area contributed by atoms with Gasteiger partial charge in [-0.1, -0.05) is 19.9 Å². The third-order valence-electron chi connectivity index (χ3n) is 3.64. The summed E-state index contributed by atoms with van der Waals surface area (Å²) in [6, 6.07) is 3.21. The maximum absolute atomic E-state index is 13.1. The summed E-state index contributed by atoms with van der Waals surface area (Å²) in [5.41, 5.74) is -0.886. The van der Waals surface area contributed by atoms with Crippen molar-refractivity contribution in [1.82, 2.24) is 15.3 Å². The van der Waals surface area contributed by atoms with Gasteiger partial charge in [0.2, 0.25) is 5.75 Å². The second kappa shape index (κ2) is 7.20. The molecule has 1 aromatic heterocycles. The summed E-state index contributed by atoms with van der Waals surface area (Å²) in [6.45, 7) is 3.60. The summed E-state index contributed by atoms with van der Waals surface area (Å²) in [5.74, 6) is -3.40. The van der Waals surface area contributed by atoms with Crippen molar-refractivity contribution in [1.29, 1.82) is 0 Å². The topological polar surface area (TPSA) is 95.1 Å². The number of hydrogen-bond acceptors (Lipinski definition) is 4. The van der Waals surface area contributed by atoms with Crippen molar-refractivity contribution in [3.8, 4) is 5.75 Å². The standard InChI is InChI=1S/C16H17F2N3O3/c1-3-8(2)14-20-12(13(22)16(24)21-14)15(23)19-7-9-4-5-10(17)11(18)6-9/h4-6,8,22H,3,7H2,1-2H3,(H,19,23)(H,20,21,24). The molecule has 0 aliphatic rings. The van der Waals surface area contributed by atoms with Crippen LogP contribution in [-0.4, -0.2) is 21.0 Å². The maximum atomic E-state index is 13.1. The summed E-state index contributed by atoms with van der Waals surface area (Å²) in [5, 5.41) is 12.2. The zero-order chi connectivity index (χ0) is 17.9. The van der Waals surface area contributed by atoms with Crippen LogP contribution in [0.15, 0.2) is 23.0 Å². The lowest BCUT2D eigenvalue weighted by molar-refractivity contribution is 0.0942. The van der Waals surface area contributed by atoms with Crippen LogP contribution in [0.2, 0.25) is 0 Å². The zero-order valence-corrected chi connectivity index (χ0v) is 13.2. The Morgan fingerprint density at radius 2 is 2.08 bits per heavy atom. The van der Waals surface area contributed by atoms with Crippen molar-refractivity contribution in [2.45, 2.75) is 32.7 Å². The minimum absolute atomic E-state index is 0.101. The third-order valence-corrected chi connectivity index (χ3v) is 3.64. The lowest BCUT2D eigenvalue weighted by atomic mass is 10.1. The molecule has 24 heavy (non-hydrogen) atoms. The quantitative estimate of drug-likeness (QED) is 0.779. The molecule has 2 rings (SSSR count). The molecule has 0 aliphatic carbocycles. The zero-order valence-electron chi connectivity index (χ0n) is 13.2. The van der Waals surface area contributed by atoms with Gasteiger partial charge in [-0.25, -0.2) is 13.8 Å². The van der Waals surface area contributed by atoms with Crippen molar-refractivity contribution in [3.63, 3.8) is 0 Å². The van der Waals surface area contributed by atoms with E-state index in [1.165, 1.54) is 6.07 Å². The van der Waals surface area contributed by atoms with Gasteiger partial charge in [0.1, 0.15) is 5.82 Å². The van der Waals surface area contributed by atoms with Crippen LogP contribution in [-0.2, 0) is 6.54 Å². The first-order valence-corrected chi connectivity index (χ1v) is 7.38. The molecule has 0 spiro atoms. The van der Waals surface area contributed by atoms with E-state index in [-0.39, 0.29) is 12.5 Å². The molecule has 1 heterocycles. The minimum atomic E-state index is -1.03. The van der Waals surface area contributed by atoms with E-state index in [1.807, 2.05) is 13.8 Å². The molecule has 0 bridgehead atoms. The highest BCUT2D eigenvalue weighted by Gasteiger charge is 2.19. The summed E-state index contributed by atoms with van der Waals surface area (Å²) in [7, 11) is 0. The number of carbonyl (C=O) groups is 1. The van der Waals surface area contributed by atoms with E-state index in [1.54, 1.807) is 0 Å². The molecule has 0 saturated heterocycles. The molecular weight excluding hydrogens is 320 g/mol. The Morgan fingerprint density at radius 1 is 1.38 bits per heavy atom. The Hall–Kier alpha value is -2.77. The molecule has 6 nitrogen and oxygen atoms in total. The van der Waals surface area contributed by atoms with Gasteiger partial charge in [-0.3, -0.25) is 9.59 Å². The van der Waals surface area contributed by atoms with Gasteiger partial charge in [0.05, 0.1) is 0 Å². The van der Waals surface area contributed by atoms with Gasteiger partial charge in [0.25, 0.3) is 11.5 Å². The number of rotatable bonds is 5. The average molecular weight is 337 g/mol. The molecule has 0 radical (unpaired) electrons. The van der Waals surface area contributed by atoms with Crippen molar-refractivity contribution in [2.75, 3.05) is 0 Å². The van der Waals surface area contributed by atoms with Crippen molar-refractivity contribution in [2.24, 2.45) is 0 Å². The van der Waals surface area contributed by atoms with Gasteiger partial charge in [0.15, 0.2) is 17.3 Å². The molecule has 3 N–H and O–H groups in total. The monoisotopic (exact) mass is 337 g/mol. The van der Waals surface area contributed by atoms with E-state index in [0.29, 0.717) is 17.8 Å². The largest absolute Gasteiger partial charge is 0.501 e. The maximum Gasteiger partial charge on any atom is 0.293 e. The Bertz CT molecular complexity index is 821. The van der Waals surface area contributed by atoms with Crippen LogP contribution in [0.3, 0.4) is 0 Å². The second-order valence-corrected chi connectivity index (χ2v) is 5.39. The highest BCUT2D eigenvalue weighted by molar-refractivity contribution is 5.94. The number of H-pyrrole nitrogens is 1. The number of nitrogens with zero attached hydrogens (tertiary/aromatic N) is 1.